The topological polar surface area (TPSA) is 75.4 Å². The molecule has 0 spiro atoms. The fraction of sp³-hybridized carbons (Fsp3) is 0.571. The fourth-order valence-corrected chi connectivity index (χ4v) is 3.59. The molecule has 2 aromatic rings. The molecule has 1 atom stereocenters. The summed E-state index contributed by atoms with van der Waals surface area (Å²) in [4.78, 5) is 0. The molecule has 6 nitrogen and oxygen atoms in total. The zero-order valence-corrected chi connectivity index (χ0v) is 18.4. The minimum atomic E-state index is -0.192. The Kier molecular flexibility index (Phi) is 5.51. The summed E-state index contributed by atoms with van der Waals surface area (Å²) in [5.74, 6) is 1.06. The van der Waals surface area contributed by atoms with Crippen molar-refractivity contribution in [1.82, 2.24) is 14.9 Å². The molecule has 7 heteroatoms. The van der Waals surface area contributed by atoms with E-state index in [0.29, 0.717) is 16.3 Å². The number of nitrogens with one attached hydrogen (secondary N) is 1. The Morgan fingerprint density at radius 2 is 1.82 bits per heavy atom. The van der Waals surface area contributed by atoms with Crippen LogP contribution in [-0.4, -0.2) is 32.8 Å². The SMILES string of the molecule is CC(C)(C)c1cc(/C=N/n2c([C@@H]3CCCO3)n[nH]c2=S)cc(C(C)(C)C)c1O. The molecule has 3 rings (SSSR count). The van der Waals surface area contributed by atoms with Crippen LogP contribution in [-0.2, 0) is 15.6 Å². The number of phenols is 1. The van der Waals surface area contributed by atoms with Crippen LogP contribution in [0.15, 0.2) is 17.2 Å². The Balaban J connectivity index is 2.06. The van der Waals surface area contributed by atoms with Gasteiger partial charge in [-0.15, -0.1) is 0 Å². The van der Waals surface area contributed by atoms with E-state index in [1.165, 1.54) is 0 Å². The van der Waals surface area contributed by atoms with Gasteiger partial charge in [-0.3, -0.25) is 5.10 Å². The van der Waals surface area contributed by atoms with Gasteiger partial charge in [-0.05, 0) is 53.6 Å². The van der Waals surface area contributed by atoms with E-state index in [2.05, 4.69) is 56.8 Å². The average Bonchev–Trinajstić information content (AvgIpc) is 3.21. The summed E-state index contributed by atoms with van der Waals surface area (Å²) in [7, 11) is 0. The van der Waals surface area contributed by atoms with E-state index in [-0.39, 0.29) is 16.9 Å². The number of aromatic hydroxyl groups is 1. The van der Waals surface area contributed by atoms with E-state index in [0.717, 1.165) is 36.1 Å². The largest absolute Gasteiger partial charge is 0.507 e. The third kappa shape index (κ3) is 4.20. The highest BCUT2D eigenvalue weighted by Crippen LogP contribution is 2.39. The summed E-state index contributed by atoms with van der Waals surface area (Å²) in [6, 6.07) is 3.98. The lowest BCUT2D eigenvalue weighted by Gasteiger charge is -2.27. The number of ether oxygens (including phenoxy) is 1. The maximum Gasteiger partial charge on any atom is 0.216 e. The zero-order valence-electron chi connectivity index (χ0n) is 17.5. The van der Waals surface area contributed by atoms with Gasteiger partial charge >= 0.3 is 0 Å². The summed E-state index contributed by atoms with van der Waals surface area (Å²) in [5.41, 5.74) is 2.33. The summed E-state index contributed by atoms with van der Waals surface area (Å²) in [5, 5.41) is 22.6. The van der Waals surface area contributed by atoms with E-state index >= 15 is 0 Å². The number of nitrogens with zero attached hydrogens (tertiary/aromatic N) is 3. The van der Waals surface area contributed by atoms with Crippen molar-refractivity contribution in [3.8, 4) is 5.75 Å². The molecule has 0 aliphatic carbocycles. The van der Waals surface area contributed by atoms with E-state index in [1.807, 2.05) is 12.1 Å². The molecule has 1 aromatic heterocycles. The Morgan fingerprint density at radius 3 is 2.32 bits per heavy atom. The first-order chi connectivity index (χ1) is 13.0. The van der Waals surface area contributed by atoms with Gasteiger partial charge in [-0.25, -0.2) is 0 Å². The Labute approximate surface area is 171 Å². The van der Waals surface area contributed by atoms with Crippen molar-refractivity contribution >= 4 is 18.4 Å². The Morgan fingerprint density at radius 1 is 1.21 bits per heavy atom. The molecule has 0 saturated carbocycles. The van der Waals surface area contributed by atoms with Crippen LogP contribution in [0.3, 0.4) is 0 Å². The molecule has 1 aliphatic heterocycles. The smallest absolute Gasteiger partial charge is 0.216 e. The van der Waals surface area contributed by atoms with Crippen LogP contribution in [0.4, 0.5) is 0 Å². The predicted molar refractivity (Wildman–Crippen MR) is 114 cm³/mol. The Bertz CT molecular complexity index is 904. The van der Waals surface area contributed by atoms with Crippen molar-refractivity contribution in [1.29, 1.82) is 0 Å². The molecule has 1 saturated heterocycles. The van der Waals surface area contributed by atoms with Crippen molar-refractivity contribution < 1.29 is 9.84 Å². The molecule has 0 unspecified atom stereocenters. The zero-order chi connectivity index (χ0) is 20.7. The van der Waals surface area contributed by atoms with Gasteiger partial charge in [0.1, 0.15) is 11.9 Å². The van der Waals surface area contributed by atoms with Gasteiger partial charge < -0.3 is 9.84 Å². The number of hydrogen-bond acceptors (Lipinski definition) is 5. The van der Waals surface area contributed by atoms with E-state index < -0.39 is 0 Å². The standard InChI is InChI=1S/C21H30N4O2S/c1-20(2,3)14-10-13(11-15(17(14)26)21(4,5)6)12-22-25-18(23-24-19(25)28)16-8-7-9-27-16/h10-12,16,26H,7-9H2,1-6H3,(H,24,28)/b22-12+/t16-/m0/s1. The van der Waals surface area contributed by atoms with Gasteiger partial charge in [0.15, 0.2) is 5.82 Å². The minimum Gasteiger partial charge on any atom is -0.507 e. The molecular weight excluding hydrogens is 372 g/mol. The van der Waals surface area contributed by atoms with Gasteiger partial charge in [-0.2, -0.15) is 14.9 Å². The normalized spacial score (nSPS) is 18.3. The fourth-order valence-electron chi connectivity index (χ4n) is 3.40. The Hall–Kier alpha value is -1.99. The lowest BCUT2D eigenvalue weighted by Crippen LogP contribution is -2.18. The molecular formula is C21H30N4O2S. The first kappa shape index (κ1) is 20.7. The second-order valence-electron chi connectivity index (χ2n) is 9.41. The summed E-state index contributed by atoms with van der Waals surface area (Å²) >= 11 is 5.35. The molecule has 2 heterocycles. The maximum absolute atomic E-state index is 10.9. The molecule has 28 heavy (non-hydrogen) atoms. The van der Waals surface area contributed by atoms with Gasteiger partial charge in [0.05, 0.1) is 6.21 Å². The molecule has 2 N–H and O–H groups in total. The second-order valence-corrected chi connectivity index (χ2v) is 9.80. The van der Waals surface area contributed by atoms with E-state index in [9.17, 15) is 5.11 Å². The first-order valence-corrected chi connectivity index (χ1v) is 10.1. The maximum atomic E-state index is 10.9. The first-order valence-electron chi connectivity index (χ1n) is 9.70. The van der Waals surface area contributed by atoms with Crippen LogP contribution < -0.4 is 0 Å². The van der Waals surface area contributed by atoms with E-state index in [4.69, 9.17) is 17.0 Å². The van der Waals surface area contributed by atoms with Crippen molar-refractivity contribution in [2.24, 2.45) is 5.10 Å². The minimum absolute atomic E-state index is 0.0832. The van der Waals surface area contributed by atoms with Crippen molar-refractivity contribution in [2.45, 2.75) is 71.3 Å². The molecule has 1 aliphatic rings. The van der Waals surface area contributed by atoms with Gasteiger partial charge in [0.2, 0.25) is 4.77 Å². The second kappa shape index (κ2) is 7.44. The number of H-pyrrole nitrogens is 1. The van der Waals surface area contributed by atoms with Crippen LogP contribution in [0.2, 0.25) is 0 Å². The number of aromatic nitrogens is 3. The number of phenolic OH excluding ortho intramolecular Hbond substituents is 1. The number of benzene rings is 1. The summed E-state index contributed by atoms with van der Waals surface area (Å²) < 4.78 is 7.80. The lowest BCUT2D eigenvalue weighted by molar-refractivity contribution is 0.102. The summed E-state index contributed by atoms with van der Waals surface area (Å²) in [6.45, 7) is 13.3. The monoisotopic (exact) mass is 402 g/mol. The lowest BCUT2D eigenvalue weighted by atomic mass is 9.78. The van der Waals surface area contributed by atoms with Crippen LogP contribution in [0.1, 0.15) is 83.0 Å². The quantitative estimate of drug-likeness (QED) is 0.561. The number of hydrogen-bond donors (Lipinski definition) is 2. The highest BCUT2D eigenvalue weighted by Gasteiger charge is 2.27. The van der Waals surface area contributed by atoms with Crippen LogP contribution in [0, 0.1) is 4.77 Å². The van der Waals surface area contributed by atoms with Crippen LogP contribution in [0.25, 0.3) is 0 Å². The van der Waals surface area contributed by atoms with Gasteiger partial charge in [0.25, 0.3) is 0 Å². The van der Waals surface area contributed by atoms with Crippen LogP contribution >= 0.6 is 12.2 Å². The van der Waals surface area contributed by atoms with Crippen molar-refractivity contribution in [3.63, 3.8) is 0 Å². The molecule has 1 aromatic carbocycles. The summed E-state index contributed by atoms with van der Waals surface area (Å²) in [6.07, 6.45) is 3.61. The van der Waals surface area contributed by atoms with Crippen molar-refractivity contribution in [2.75, 3.05) is 6.61 Å². The third-order valence-corrected chi connectivity index (χ3v) is 5.23. The molecule has 0 bridgehead atoms. The van der Waals surface area contributed by atoms with Crippen LogP contribution in [0.5, 0.6) is 5.75 Å². The number of aromatic amines is 1. The molecule has 152 valence electrons. The van der Waals surface area contributed by atoms with E-state index in [1.54, 1.807) is 10.9 Å². The molecule has 1 fully saturated rings. The number of rotatable bonds is 3. The third-order valence-electron chi connectivity index (χ3n) is 4.96. The molecule has 0 radical (unpaired) electrons. The molecule has 0 amide bonds. The highest BCUT2D eigenvalue weighted by molar-refractivity contribution is 7.71. The van der Waals surface area contributed by atoms with Crippen molar-refractivity contribution in [3.05, 3.63) is 39.4 Å². The highest BCUT2D eigenvalue weighted by atomic mass is 32.1. The van der Waals surface area contributed by atoms with Gasteiger partial charge in [0, 0.05) is 17.7 Å². The predicted octanol–water partition coefficient (Wildman–Crippen LogP) is 4.97. The van der Waals surface area contributed by atoms with Gasteiger partial charge in [-0.1, -0.05) is 41.5 Å². The average molecular weight is 403 g/mol.